The summed E-state index contributed by atoms with van der Waals surface area (Å²) in [6.45, 7) is 5.87. The molecule has 0 radical (unpaired) electrons. The summed E-state index contributed by atoms with van der Waals surface area (Å²) in [6, 6.07) is 6.54. The lowest BCUT2D eigenvalue weighted by Crippen LogP contribution is -2.47. The van der Waals surface area contributed by atoms with Gasteiger partial charge < -0.3 is 14.8 Å². The van der Waals surface area contributed by atoms with Gasteiger partial charge in [0, 0.05) is 29.6 Å². The van der Waals surface area contributed by atoms with E-state index in [0.717, 1.165) is 29.6 Å². The van der Waals surface area contributed by atoms with Crippen molar-refractivity contribution in [3.63, 3.8) is 0 Å². The van der Waals surface area contributed by atoms with Crippen molar-refractivity contribution < 1.29 is 9.47 Å². The summed E-state index contributed by atoms with van der Waals surface area (Å²) < 4.78 is 12.7. The molecule has 3 nitrogen and oxygen atoms in total. The molecule has 1 heterocycles. The number of hydrogen-bond acceptors (Lipinski definition) is 3. The van der Waals surface area contributed by atoms with Crippen LogP contribution in [0.25, 0.3) is 0 Å². The number of benzene rings is 1. The molecule has 1 aliphatic heterocycles. The largest absolute Gasteiger partial charge is 0.484 e. The number of nitrogens with one attached hydrogen (secondary N) is 1. The Kier molecular flexibility index (Phi) is 4.87. The number of ether oxygens (including phenoxy) is 2. The van der Waals surface area contributed by atoms with Crippen molar-refractivity contribution in [1.82, 2.24) is 5.32 Å². The lowest BCUT2D eigenvalue weighted by Gasteiger charge is -2.41. The molecule has 0 amide bonds. The average Bonchev–Trinajstić information content (AvgIpc) is 2.40. The van der Waals surface area contributed by atoms with Crippen molar-refractivity contribution in [3.05, 3.63) is 28.2 Å². The van der Waals surface area contributed by atoms with E-state index in [4.69, 9.17) is 9.47 Å². The van der Waals surface area contributed by atoms with Crippen molar-refractivity contribution in [2.24, 2.45) is 0 Å². The fraction of sp³-hybridized carbons (Fsp3) is 0.600. The highest BCUT2D eigenvalue weighted by molar-refractivity contribution is 9.10. The van der Waals surface area contributed by atoms with Crippen LogP contribution in [0.5, 0.6) is 5.75 Å². The molecule has 0 fully saturated rings. The van der Waals surface area contributed by atoms with Crippen LogP contribution in [0.4, 0.5) is 0 Å². The second-order valence-corrected chi connectivity index (χ2v) is 5.98. The second kappa shape index (κ2) is 6.25. The summed E-state index contributed by atoms with van der Waals surface area (Å²) in [7, 11) is 1.74. The Hall–Kier alpha value is -0.580. The van der Waals surface area contributed by atoms with Gasteiger partial charge >= 0.3 is 0 Å². The molecule has 0 spiro atoms. The third kappa shape index (κ3) is 3.12. The standard InChI is InChI=1S/C15H22BrNO2/c1-4-15(10-18-3)9-13(17-5-2)12-8-11(16)6-7-14(12)19-15/h6-8,13,17H,4-5,9-10H2,1-3H3. The highest BCUT2D eigenvalue weighted by atomic mass is 79.9. The van der Waals surface area contributed by atoms with Crippen LogP contribution >= 0.6 is 15.9 Å². The monoisotopic (exact) mass is 327 g/mol. The van der Waals surface area contributed by atoms with E-state index >= 15 is 0 Å². The highest BCUT2D eigenvalue weighted by Crippen LogP contribution is 2.42. The quantitative estimate of drug-likeness (QED) is 0.894. The van der Waals surface area contributed by atoms with Gasteiger partial charge in [-0.3, -0.25) is 0 Å². The molecule has 0 bridgehead atoms. The SMILES string of the molecule is CCNC1CC(CC)(COC)Oc2ccc(Br)cc21. The molecule has 0 saturated carbocycles. The van der Waals surface area contributed by atoms with E-state index < -0.39 is 0 Å². The summed E-state index contributed by atoms with van der Waals surface area (Å²) in [5.41, 5.74) is 1.01. The van der Waals surface area contributed by atoms with Crippen LogP contribution in [-0.4, -0.2) is 25.9 Å². The van der Waals surface area contributed by atoms with Gasteiger partial charge in [-0.1, -0.05) is 29.8 Å². The van der Waals surface area contributed by atoms with Gasteiger partial charge in [0.2, 0.25) is 0 Å². The van der Waals surface area contributed by atoms with Crippen LogP contribution in [0.3, 0.4) is 0 Å². The van der Waals surface area contributed by atoms with Gasteiger partial charge in [-0.15, -0.1) is 0 Å². The summed E-state index contributed by atoms with van der Waals surface area (Å²) in [6.07, 6.45) is 1.88. The van der Waals surface area contributed by atoms with Crippen molar-refractivity contribution in [2.75, 3.05) is 20.3 Å². The molecule has 4 heteroatoms. The van der Waals surface area contributed by atoms with Crippen LogP contribution in [0, 0.1) is 0 Å². The number of hydrogen-bond donors (Lipinski definition) is 1. The van der Waals surface area contributed by atoms with Crippen LogP contribution in [0.1, 0.15) is 38.3 Å². The maximum atomic E-state index is 6.25. The maximum Gasteiger partial charge on any atom is 0.134 e. The molecule has 2 rings (SSSR count). The van der Waals surface area contributed by atoms with E-state index in [0.29, 0.717) is 12.6 Å². The van der Waals surface area contributed by atoms with Gasteiger partial charge in [0.1, 0.15) is 11.4 Å². The van der Waals surface area contributed by atoms with E-state index in [-0.39, 0.29) is 5.60 Å². The highest BCUT2D eigenvalue weighted by Gasteiger charge is 2.39. The molecular formula is C15H22BrNO2. The van der Waals surface area contributed by atoms with Gasteiger partial charge in [0.15, 0.2) is 0 Å². The molecule has 1 N–H and O–H groups in total. The van der Waals surface area contributed by atoms with Gasteiger partial charge in [-0.25, -0.2) is 0 Å². The molecule has 2 unspecified atom stereocenters. The zero-order valence-corrected chi connectivity index (χ0v) is 13.4. The van der Waals surface area contributed by atoms with Crippen LogP contribution in [-0.2, 0) is 4.74 Å². The Morgan fingerprint density at radius 3 is 2.89 bits per heavy atom. The molecule has 19 heavy (non-hydrogen) atoms. The van der Waals surface area contributed by atoms with Crippen LogP contribution in [0.15, 0.2) is 22.7 Å². The van der Waals surface area contributed by atoms with Crippen LogP contribution < -0.4 is 10.1 Å². The summed E-state index contributed by atoms with van der Waals surface area (Å²) in [5, 5.41) is 3.56. The number of methoxy groups -OCH3 is 1. The first kappa shape index (κ1) is 14.8. The van der Waals surface area contributed by atoms with Crippen molar-refractivity contribution in [2.45, 2.75) is 38.3 Å². The fourth-order valence-corrected chi connectivity index (χ4v) is 3.12. The zero-order chi connectivity index (χ0) is 13.9. The Morgan fingerprint density at radius 2 is 2.26 bits per heavy atom. The van der Waals surface area contributed by atoms with E-state index in [1.54, 1.807) is 7.11 Å². The molecule has 106 valence electrons. The lowest BCUT2D eigenvalue weighted by molar-refractivity contribution is -0.0369. The lowest BCUT2D eigenvalue weighted by atomic mass is 9.85. The summed E-state index contributed by atoms with van der Waals surface area (Å²) >= 11 is 3.54. The van der Waals surface area contributed by atoms with Gasteiger partial charge in [0.25, 0.3) is 0 Å². The molecule has 0 aliphatic carbocycles. The Bertz CT molecular complexity index is 438. The predicted octanol–water partition coefficient (Wildman–Crippen LogP) is 3.68. The predicted molar refractivity (Wildman–Crippen MR) is 80.7 cm³/mol. The molecule has 1 aliphatic rings. The second-order valence-electron chi connectivity index (χ2n) is 5.07. The van der Waals surface area contributed by atoms with E-state index in [1.807, 2.05) is 12.1 Å². The Morgan fingerprint density at radius 1 is 1.47 bits per heavy atom. The smallest absolute Gasteiger partial charge is 0.134 e. The van der Waals surface area contributed by atoms with Crippen molar-refractivity contribution in [1.29, 1.82) is 0 Å². The first-order chi connectivity index (χ1) is 9.14. The zero-order valence-electron chi connectivity index (χ0n) is 11.8. The third-order valence-electron chi connectivity index (χ3n) is 3.75. The first-order valence-electron chi connectivity index (χ1n) is 6.85. The minimum absolute atomic E-state index is 0.220. The van der Waals surface area contributed by atoms with Gasteiger partial charge in [-0.2, -0.15) is 0 Å². The minimum Gasteiger partial charge on any atom is -0.484 e. The van der Waals surface area contributed by atoms with Gasteiger partial charge in [-0.05, 0) is 31.2 Å². The van der Waals surface area contributed by atoms with E-state index in [9.17, 15) is 0 Å². The van der Waals surface area contributed by atoms with E-state index in [1.165, 1.54) is 5.56 Å². The van der Waals surface area contributed by atoms with Gasteiger partial charge in [0.05, 0.1) is 6.61 Å². The fourth-order valence-electron chi connectivity index (χ4n) is 2.74. The summed E-state index contributed by atoms with van der Waals surface area (Å²) in [5.74, 6) is 0.972. The molecule has 1 aromatic carbocycles. The van der Waals surface area contributed by atoms with Crippen LogP contribution in [0.2, 0.25) is 0 Å². The number of halogens is 1. The first-order valence-corrected chi connectivity index (χ1v) is 7.64. The normalized spacial score (nSPS) is 25.8. The van der Waals surface area contributed by atoms with E-state index in [2.05, 4.69) is 41.2 Å². The minimum atomic E-state index is -0.220. The summed E-state index contributed by atoms with van der Waals surface area (Å²) in [4.78, 5) is 0. The van der Waals surface area contributed by atoms with Crippen molar-refractivity contribution >= 4 is 15.9 Å². The Labute approximate surface area is 123 Å². The number of rotatable bonds is 5. The average molecular weight is 328 g/mol. The third-order valence-corrected chi connectivity index (χ3v) is 4.25. The molecular weight excluding hydrogens is 306 g/mol. The number of fused-ring (bicyclic) bond motifs is 1. The molecule has 2 atom stereocenters. The molecule has 0 saturated heterocycles. The molecule has 1 aromatic rings. The molecule has 0 aromatic heterocycles. The van der Waals surface area contributed by atoms with Crippen molar-refractivity contribution in [3.8, 4) is 5.75 Å². The topological polar surface area (TPSA) is 30.5 Å². The Balaban J connectivity index is 2.37. The maximum absolute atomic E-state index is 6.25.